The number of rotatable bonds is 5. The van der Waals surface area contributed by atoms with E-state index < -0.39 is 0 Å². The van der Waals surface area contributed by atoms with E-state index in [1.54, 1.807) is 0 Å². The average Bonchev–Trinajstić information content (AvgIpc) is 3.33. The van der Waals surface area contributed by atoms with Crippen molar-refractivity contribution in [1.29, 1.82) is 0 Å². The minimum Gasteiger partial charge on any atom is -0.380 e. The molecule has 0 amide bonds. The van der Waals surface area contributed by atoms with Gasteiger partial charge in [-0.2, -0.15) is 0 Å². The van der Waals surface area contributed by atoms with Gasteiger partial charge >= 0.3 is 0 Å². The molecule has 2 aliphatic heterocycles. The number of ether oxygens (including phenoxy) is 1. The lowest BCUT2D eigenvalue weighted by Gasteiger charge is -2.40. The first-order valence-electron chi connectivity index (χ1n) is 9.89. The number of anilines is 1. The fourth-order valence-corrected chi connectivity index (χ4v) is 5.76. The molecule has 2 aliphatic rings. The van der Waals surface area contributed by atoms with Gasteiger partial charge in [-0.05, 0) is 62.2 Å². The minimum atomic E-state index is 0.390. The van der Waals surface area contributed by atoms with Gasteiger partial charge in [0.25, 0.3) is 0 Å². The number of piperidine rings is 1. The van der Waals surface area contributed by atoms with Crippen molar-refractivity contribution in [3.05, 3.63) is 41.8 Å². The summed E-state index contributed by atoms with van der Waals surface area (Å²) >= 11 is 1.86. The number of nitrogens with zero attached hydrogens (tertiary/aromatic N) is 2. The Kier molecular flexibility index (Phi) is 5.63. The molecule has 1 aromatic carbocycles. The summed E-state index contributed by atoms with van der Waals surface area (Å²) in [5, 5.41) is 2.23. The monoisotopic (exact) mass is 370 g/mol. The normalized spacial score (nSPS) is 23.5. The van der Waals surface area contributed by atoms with Crippen molar-refractivity contribution in [3.63, 3.8) is 0 Å². The van der Waals surface area contributed by atoms with Crippen LogP contribution in [0.15, 0.2) is 41.8 Å². The van der Waals surface area contributed by atoms with Crippen LogP contribution in [0.3, 0.4) is 0 Å². The smallest absolute Gasteiger partial charge is 0.0755 e. The summed E-state index contributed by atoms with van der Waals surface area (Å²) in [5.41, 5.74) is 2.74. The van der Waals surface area contributed by atoms with Crippen molar-refractivity contribution in [2.45, 2.75) is 37.8 Å². The second-order valence-corrected chi connectivity index (χ2v) is 8.63. The Balaban J connectivity index is 1.44. The molecular weight excluding hydrogens is 340 g/mol. The van der Waals surface area contributed by atoms with E-state index in [2.05, 4.69) is 58.6 Å². The van der Waals surface area contributed by atoms with Gasteiger partial charge in [0.1, 0.15) is 0 Å². The van der Waals surface area contributed by atoms with Crippen LogP contribution in [0.4, 0.5) is 5.69 Å². The molecular formula is C22H30N2OS. The quantitative estimate of drug-likeness (QED) is 0.756. The van der Waals surface area contributed by atoms with Gasteiger partial charge in [0, 0.05) is 26.2 Å². The summed E-state index contributed by atoms with van der Waals surface area (Å²) in [6.45, 7) is 3.49. The van der Waals surface area contributed by atoms with E-state index in [1.807, 2.05) is 18.4 Å². The number of hydrogen-bond donors (Lipinski definition) is 0. The van der Waals surface area contributed by atoms with Crippen LogP contribution in [-0.2, 0) is 4.74 Å². The summed E-state index contributed by atoms with van der Waals surface area (Å²) in [5.74, 6) is 0.681. The lowest BCUT2D eigenvalue weighted by atomic mass is 9.86. The Morgan fingerprint density at radius 2 is 1.81 bits per heavy atom. The average molecular weight is 371 g/mol. The predicted molar refractivity (Wildman–Crippen MR) is 111 cm³/mol. The second kappa shape index (κ2) is 8.12. The first-order valence-corrected chi connectivity index (χ1v) is 10.8. The van der Waals surface area contributed by atoms with E-state index >= 15 is 0 Å². The van der Waals surface area contributed by atoms with Gasteiger partial charge in [0.2, 0.25) is 0 Å². The van der Waals surface area contributed by atoms with Crippen molar-refractivity contribution < 1.29 is 4.74 Å². The second-order valence-electron chi connectivity index (χ2n) is 7.72. The first kappa shape index (κ1) is 18.0. The Morgan fingerprint density at radius 1 is 1.04 bits per heavy atom. The molecule has 2 unspecified atom stereocenters. The molecule has 2 fully saturated rings. The molecule has 3 nitrogen and oxygen atoms in total. The van der Waals surface area contributed by atoms with Gasteiger partial charge in [0.05, 0.1) is 16.7 Å². The highest BCUT2D eigenvalue weighted by Crippen LogP contribution is 2.39. The summed E-state index contributed by atoms with van der Waals surface area (Å²) in [4.78, 5) is 6.50. The molecule has 0 N–H and O–H groups in total. The standard InChI is InChI=1S/C22H30N2OS/c1-23-13-6-9-19(23)21(25-2)17-10-14-24(15-11-17)20-12-16-26-22(20)18-7-4-3-5-8-18/h3-5,7-8,12,16-17,19,21H,6,9-11,13-15H2,1-2H3. The molecule has 1 aromatic heterocycles. The van der Waals surface area contributed by atoms with Gasteiger partial charge in [-0.15, -0.1) is 11.3 Å². The summed E-state index contributed by atoms with van der Waals surface area (Å²) in [6.07, 6.45) is 5.45. The lowest BCUT2D eigenvalue weighted by molar-refractivity contribution is -0.00967. The van der Waals surface area contributed by atoms with E-state index in [-0.39, 0.29) is 0 Å². The SMILES string of the molecule is COC(C1CCN(c2ccsc2-c2ccccc2)CC1)C1CCCN1C. The predicted octanol–water partition coefficient (Wildman–Crippen LogP) is 4.74. The molecule has 0 aliphatic carbocycles. The largest absolute Gasteiger partial charge is 0.380 e. The Bertz CT molecular complexity index is 693. The van der Waals surface area contributed by atoms with Crippen LogP contribution >= 0.6 is 11.3 Å². The van der Waals surface area contributed by atoms with E-state index in [4.69, 9.17) is 4.74 Å². The highest BCUT2D eigenvalue weighted by molar-refractivity contribution is 7.14. The number of likely N-dealkylation sites (N-methyl/N-ethyl adjacent to an activating group) is 1. The molecule has 0 spiro atoms. The maximum absolute atomic E-state index is 6.01. The van der Waals surface area contributed by atoms with Crippen molar-refractivity contribution in [2.75, 3.05) is 38.7 Å². The van der Waals surface area contributed by atoms with Gasteiger partial charge in [-0.1, -0.05) is 30.3 Å². The van der Waals surface area contributed by atoms with Crippen molar-refractivity contribution in [1.82, 2.24) is 4.90 Å². The van der Waals surface area contributed by atoms with Crippen LogP contribution in [0.25, 0.3) is 10.4 Å². The fraction of sp³-hybridized carbons (Fsp3) is 0.545. The van der Waals surface area contributed by atoms with Crippen LogP contribution in [0, 0.1) is 5.92 Å². The Labute approximate surface area is 161 Å². The van der Waals surface area contributed by atoms with Crippen molar-refractivity contribution >= 4 is 17.0 Å². The Hall–Kier alpha value is -1.36. The number of methoxy groups -OCH3 is 1. The molecule has 4 rings (SSSR count). The van der Waals surface area contributed by atoms with Gasteiger partial charge in [-0.25, -0.2) is 0 Å². The number of benzene rings is 1. The summed E-state index contributed by atoms with van der Waals surface area (Å²) < 4.78 is 6.01. The maximum atomic E-state index is 6.01. The first-order chi connectivity index (χ1) is 12.8. The van der Waals surface area contributed by atoms with Crippen LogP contribution < -0.4 is 4.90 Å². The van der Waals surface area contributed by atoms with Crippen LogP contribution in [0.5, 0.6) is 0 Å². The highest BCUT2D eigenvalue weighted by atomic mass is 32.1. The van der Waals surface area contributed by atoms with E-state index in [0.29, 0.717) is 18.1 Å². The highest BCUT2D eigenvalue weighted by Gasteiger charge is 2.36. The molecule has 2 atom stereocenters. The van der Waals surface area contributed by atoms with Crippen LogP contribution in [-0.4, -0.2) is 50.8 Å². The third kappa shape index (κ3) is 3.55. The topological polar surface area (TPSA) is 15.7 Å². The number of hydrogen-bond acceptors (Lipinski definition) is 4. The molecule has 0 saturated carbocycles. The number of thiophene rings is 1. The zero-order chi connectivity index (χ0) is 17.9. The summed E-state index contributed by atoms with van der Waals surface area (Å²) in [6, 6.07) is 13.7. The minimum absolute atomic E-state index is 0.390. The fourth-order valence-electron chi connectivity index (χ4n) is 4.84. The molecule has 140 valence electrons. The molecule has 2 aromatic rings. The van der Waals surface area contributed by atoms with Crippen LogP contribution in [0.1, 0.15) is 25.7 Å². The van der Waals surface area contributed by atoms with Gasteiger partial charge < -0.3 is 14.5 Å². The molecule has 3 heterocycles. The van der Waals surface area contributed by atoms with Gasteiger partial charge in [-0.3, -0.25) is 0 Å². The molecule has 2 saturated heterocycles. The Morgan fingerprint density at radius 3 is 2.46 bits per heavy atom. The molecule has 4 heteroatoms. The van der Waals surface area contributed by atoms with E-state index in [9.17, 15) is 0 Å². The molecule has 26 heavy (non-hydrogen) atoms. The lowest BCUT2D eigenvalue weighted by Crippen LogP contribution is -2.46. The zero-order valence-electron chi connectivity index (χ0n) is 15.9. The third-order valence-electron chi connectivity index (χ3n) is 6.25. The van der Waals surface area contributed by atoms with E-state index in [0.717, 1.165) is 13.1 Å². The third-order valence-corrected chi connectivity index (χ3v) is 7.21. The molecule has 0 bridgehead atoms. The molecule has 0 radical (unpaired) electrons. The van der Waals surface area contributed by atoms with Crippen molar-refractivity contribution in [3.8, 4) is 10.4 Å². The van der Waals surface area contributed by atoms with Crippen LogP contribution in [0.2, 0.25) is 0 Å². The van der Waals surface area contributed by atoms with Gasteiger partial charge in [0.15, 0.2) is 0 Å². The maximum Gasteiger partial charge on any atom is 0.0755 e. The number of likely N-dealkylation sites (tertiary alicyclic amines) is 1. The zero-order valence-corrected chi connectivity index (χ0v) is 16.8. The van der Waals surface area contributed by atoms with E-state index in [1.165, 1.54) is 48.4 Å². The summed E-state index contributed by atoms with van der Waals surface area (Å²) in [7, 11) is 4.17. The van der Waals surface area contributed by atoms with Crippen molar-refractivity contribution in [2.24, 2.45) is 5.92 Å².